The Morgan fingerprint density at radius 3 is 2.25 bits per heavy atom. The summed E-state index contributed by atoms with van der Waals surface area (Å²) in [5.41, 5.74) is 2.83. The molecule has 0 aliphatic rings. The molecule has 6 nitrogen and oxygen atoms in total. The van der Waals surface area contributed by atoms with Crippen LogP contribution in [-0.2, 0) is 16.6 Å². The van der Waals surface area contributed by atoms with Crippen molar-refractivity contribution >= 4 is 39.1 Å². The van der Waals surface area contributed by atoms with Crippen LogP contribution in [0.15, 0.2) is 95.8 Å². The molecule has 5 rings (SSSR count). The Labute approximate surface area is 207 Å². The van der Waals surface area contributed by atoms with Crippen molar-refractivity contribution in [2.45, 2.75) is 6.92 Å². The number of amides is 1. The molecular formula is C30H24N2O4. The number of carbonyl (C=O) groups excluding carboxylic acids is 2. The lowest BCUT2D eigenvalue weighted by molar-refractivity contribution is -0.119. The third-order valence-electron chi connectivity index (χ3n) is 6.20. The molecule has 1 N–H and O–H groups in total. The van der Waals surface area contributed by atoms with Gasteiger partial charge in [0.2, 0.25) is 0 Å². The van der Waals surface area contributed by atoms with Gasteiger partial charge in [0.15, 0.2) is 6.61 Å². The van der Waals surface area contributed by atoms with Gasteiger partial charge in [-0.25, -0.2) is 4.79 Å². The predicted octanol–water partition coefficient (Wildman–Crippen LogP) is 5.46. The number of ether oxygens (including phenoxy) is 1. The first kappa shape index (κ1) is 23.1. The van der Waals surface area contributed by atoms with Gasteiger partial charge in [-0.1, -0.05) is 78.4 Å². The zero-order chi connectivity index (χ0) is 25.2. The van der Waals surface area contributed by atoms with Crippen LogP contribution in [0.3, 0.4) is 0 Å². The highest BCUT2D eigenvalue weighted by Crippen LogP contribution is 2.31. The fourth-order valence-electron chi connectivity index (χ4n) is 4.38. The second-order valence-corrected chi connectivity index (χ2v) is 8.69. The normalized spacial score (nSPS) is 10.9. The molecule has 4 aromatic carbocycles. The third kappa shape index (κ3) is 4.36. The van der Waals surface area contributed by atoms with E-state index < -0.39 is 18.5 Å². The fourth-order valence-corrected chi connectivity index (χ4v) is 4.38. The SMILES string of the molecule is Cc1ccc(-c2c(C(=O)OCC(=O)Nc3ccc4ccccc4c3)n(C)c(=O)c3ccccc23)cc1. The summed E-state index contributed by atoms with van der Waals surface area (Å²) in [5, 5.41) is 5.96. The van der Waals surface area contributed by atoms with E-state index in [9.17, 15) is 14.4 Å². The minimum absolute atomic E-state index is 0.0982. The molecule has 0 atom stereocenters. The lowest BCUT2D eigenvalue weighted by Gasteiger charge is -2.17. The minimum Gasteiger partial charge on any atom is -0.451 e. The van der Waals surface area contributed by atoms with Crippen LogP contribution in [-0.4, -0.2) is 23.1 Å². The molecule has 1 heterocycles. The van der Waals surface area contributed by atoms with E-state index in [1.165, 1.54) is 11.6 Å². The Morgan fingerprint density at radius 1 is 0.833 bits per heavy atom. The molecule has 0 aliphatic heterocycles. The van der Waals surface area contributed by atoms with Gasteiger partial charge in [0.1, 0.15) is 5.69 Å². The molecule has 1 aromatic heterocycles. The lowest BCUT2D eigenvalue weighted by atomic mass is 9.96. The van der Waals surface area contributed by atoms with Gasteiger partial charge in [-0.15, -0.1) is 0 Å². The van der Waals surface area contributed by atoms with Gasteiger partial charge in [0.05, 0.1) is 0 Å². The number of aryl methyl sites for hydroxylation is 1. The number of pyridine rings is 1. The first-order chi connectivity index (χ1) is 17.4. The summed E-state index contributed by atoms with van der Waals surface area (Å²) in [6.45, 7) is 1.49. The summed E-state index contributed by atoms with van der Waals surface area (Å²) < 4.78 is 6.70. The molecule has 36 heavy (non-hydrogen) atoms. The van der Waals surface area contributed by atoms with Gasteiger partial charge in [0, 0.05) is 23.7 Å². The Bertz CT molecular complexity index is 1680. The number of rotatable bonds is 5. The van der Waals surface area contributed by atoms with Crippen LogP contribution in [0, 0.1) is 6.92 Å². The summed E-state index contributed by atoms with van der Waals surface area (Å²) in [6.07, 6.45) is 0. The van der Waals surface area contributed by atoms with Gasteiger partial charge in [0.25, 0.3) is 11.5 Å². The van der Waals surface area contributed by atoms with E-state index in [0.717, 1.165) is 21.9 Å². The fraction of sp³-hybridized carbons (Fsp3) is 0.100. The zero-order valence-electron chi connectivity index (χ0n) is 19.9. The number of benzene rings is 4. The number of hydrogen-bond donors (Lipinski definition) is 1. The number of aromatic nitrogens is 1. The van der Waals surface area contributed by atoms with E-state index >= 15 is 0 Å². The highest BCUT2D eigenvalue weighted by Gasteiger charge is 2.23. The second-order valence-electron chi connectivity index (χ2n) is 8.69. The molecule has 178 valence electrons. The van der Waals surface area contributed by atoms with Crippen LogP contribution in [0.2, 0.25) is 0 Å². The zero-order valence-corrected chi connectivity index (χ0v) is 19.9. The van der Waals surface area contributed by atoms with Crippen LogP contribution in [0.25, 0.3) is 32.7 Å². The Kier molecular flexibility index (Phi) is 6.09. The molecule has 5 aromatic rings. The van der Waals surface area contributed by atoms with E-state index in [1.54, 1.807) is 18.2 Å². The smallest absolute Gasteiger partial charge is 0.356 e. The average Bonchev–Trinajstić information content (AvgIpc) is 2.90. The van der Waals surface area contributed by atoms with Crippen molar-refractivity contribution in [3.8, 4) is 11.1 Å². The Morgan fingerprint density at radius 2 is 1.50 bits per heavy atom. The highest BCUT2D eigenvalue weighted by atomic mass is 16.5. The molecule has 0 aliphatic carbocycles. The predicted molar refractivity (Wildman–Crippen MR) is 142 cm³/mol. The summed E-state index contributed by atoms with van der Waals surface area (Å²) >= 11 is 0. The quantitative estimate of drug-likeness (QED) is 0.342. The van der Waals surface area contributed by atoms with Crippen molar-refractivity contribution in [2.75, 3.05) is 11.9 Å². The number of nitrogens with zero attached hydrogens (tertiary/aromatic N) is 1. The van der Waals surface area contributed by atoms with E-state index in [-0.39, 0.29) is 11.3 Å². The van der Waals surface area contributed by atoms with Crippen molar-refractivity contribution < 1.29 is 14.3 Å². The van der Waals surface area contributed by atoms with Crippen LogP contribution >= 0.6 is 0 Å². The Hall–Kier alpha value is -4.71. The van der Waals surface area contributed by atoms with Crippen LogP contribution in [0.1, 0.15) is 16.1 Å². The van der Waals surface area contributed by atoms with Gasteiger partial charge in [-0.05, 0) is 46.8 Å². The molecule has 0 spiro atoms. The molecule has 6 heteroatoms. The number of esters is 1. The van der Waals surface area contributed by atoms with E-state index in [4.69, 9.17) is 4.74 Å². The van der Waals surface area contributed by atoms with Crippen molar-refractivity contribution in [1.29, 1.82) is 0 Å². The van der Waals surface area contributed by atoms with Crippen LogP contribution in [0.5, 0.6) is 0 Å². The molecule has 0 fully saturated rings. The van der Waals surface area contributed by atoms with Gasteiger partial charge in [-0.3, -0.25) is 9.59 Å². The van der Waals surface area contributed by atoms with Gasteiger partial charge >= 0.3 is 5.97 Å². The van der Waals surface area contributed by atoms with Crippen molar-refractivity contribution in [2.24, 2.45) is 7.05 Å². The second kappa shape index (κ2) is 9.50. The molecular weight excluding hydrogens is 452 g/mol. The first-order valence-electron chi connectivity index (χ1n) is 11.6. The van der Waals surface area contributed by atoms with Gasteiger partial charge < -0.3 is 14.6 Å². The maximum absolute atomic E-state index is 13.3. The number of anilines is 1. The van der Waals surface area contributed by atoms with E-state index in [1.807, 2.05) is 79.7 Å². The summed E-state index contributed by atoms with van der Waals surface area (Å²) in [7, 11) is 1.54. The summed E-state index contributed by atoms with van der Waals surface area (Å²) in [6, 6.07) is 28.3. The van der Waals surface area contributed by atoms with Gasteiger partial charge in [-0.2, -0.15) is 0 Å². The summed E-state index contributed by atoms with van der Waals surface area (Å²) in [5.74, 6) is -1.22. The largest absolute Gasteiger partial charge is 0.451 e. The number of nitrogens with one attached hydrogen (secondary N) is 1. The monoisotopic (exact) mass is 476 g/mol. The number of fused-ring (bicyclic) bond motifs is 2. The lowest BCUT2D eigenvalue weighted by Crippen LogP contribution is -2.28. The summed E-state index contributed by atoms with van der Waals surface area (Å²) in [4.78, 5) is 38.9. The molecule has 0 unspecified atom stereocenters. The Balaban J connectivity index is 1.45. The average molecular weight is 477 g/mol. The molecule has 0 bridgehead atoms. The molecule has 0 saturated heterocycles. The van der Waals surface area contributed by atoms with Crippen LogP contribution < -0.4 is 10.9 Å². The maximum atomic E-state index is 13.3. The highest BCUT2D eigenvalue weighted by molar-refractivity contribution is 6.07. The molecule has 0 radical (unpaired) electrons. The topological polar surface area (TPSA) is 77.4 Å². The molecule has 0 saturated carbocycles. The minimum atomic E-state index is -0.746. The van der Waals surface area contributed by atoms with Crippen molar-refractivity contribution in [3.05, 3.63) is 113 Å². The standard InChI is InChI=1S/C30H24N2O4/c1-19-11-13-21(14-12-19)27-24-9-5-6-10-25(24)29(34)32(2)28(27)30(35)36-18-26(33)31-23-16-15-20-7-3-4-8-22(20)17-23/h3-17H,18H2,1-2H3,(H,31,33). The van der Waals surface area contributed by atoms with E-state index in [0.29, 0.717) is 22.0 Å². The number of hydrogen-bond acceptors (Lipinski definition) is 4. The third-order valence-corrected chi connectivity index (χ3v) is 6.20. The van der Waals surface area contributed by atoms with E-state index in [2.05, 4.69) is 5.32 Å². The van der Waals surface area contributed by atoms with Crippen molar-refractivity contribution in [1.82, 2.24) is 4.57 Å². The van der Waals surface area contributed by atoms with Crippen LogP contribution in [0.4, 0.5) is 5.69 Å². The van der Waals surface area contributed by atoms with Crippen molar-refractivity contribution in [3.63, 3.8) is 0 Å². The first-order valence-corrected chi connectivity index (χ1v) is 11.6. The maximum Gasteiger partial charge on any atom is 0.356 e. The molecule has 1 amide bonds. The number of carbonyl (C=O) groups is 2.